The van der Waals surface area contributed by atoms with Crippen LogP contribution in [0.25, 0.3) is 0 Å². The van der Waals surface area contributed by atoms with E-state index >= 15 is 0 Å². The Labute approximate surface area is 75.3 Å². The third-order valence-electron chi connectivity index (χ3n) is 1.90. The van der Waals surface area contributed by atoms with Gasteiger partial charge >= 0.3 is 0 Å². The van der Waals surface area contributed by atoms with Gasteiger partial charge in [0.2, 0.25) is 0 Å². The molecule has 0 bridgehead atoms. The molecule has 72 valence electrons. The van der Waals surface area contributed by atoms with E-state index in [1.165, 1.54) is 0 Å². The average Bonchev–Trinajstić information content (AvgIpc) is 2.03. The molecule has 2 nitrogen and oxygen atoms in total. The summed E-state index contributed by atoms with van der Waals surface area (Å²) in [6, 6.07) is 0. The third-order valence-corrected chi connectivity index (χ3v) is 1.90. The van der Waals surface area contributed by atoms with Gasteiger partial charge in [-0.3, -0.25) is 0 Å². The minimum absolute atomic E-state index is 0.276. The lowest BCUT2D eigenvalue weighted by Crippen LogP contribution is -2.07. The lowest BCUT2D eigenvalue weighted by molar-refractivity contribution is -0.117. The number of carbonyl (C=O) groups is 1. The van der Waals surface area contributed by atoms with Gasteiger partial charge in [0.15, 0.2) is 0 Å². The van der Waals surface area contributed by atoms with Crippen molar-refractivity contribution in [3.8, 4) is 0 Å². The minimum atomic E-state index is 0.276. The van der Waals surface area contributed by atoms with Gasteiger partial charge in [-0.05, 0) is 33.1 Å². The summed E-state index contributed by atoms with van der Waals surface area (Å²) >= 11 is 0. The second-order valence-corrected chi connectivity index (χ2v) is 3.25. The summed E-state index contributed by atoms with van der Waals surface area (Å²) in [5, 5.41) is 0. The molecule has 0 aromatic heterocycles. The minimum Gasteiger partial charge on any atom is -0.379 e. The van der Waals surface area contributed by atoms with Crippen molar-refractivity contribution in [1.29, 1.82) is 0 Å². The van der Waals surface area contributed by atoms with Crippen molar-refractivity contribution >= 4 is 5.78 Å². The molecule has 1 atom stereocenters. The predicted octanol–water partition coefficient (Wildman–Crippen LogP) is 2.56. The van der Waals surface area contributed by atoms with Gasteiger partial charge < -0.3 is 9.53 Å². The highest BCUT2D eigenvalue weighted by atomic mass is 16.5. The number of hydrogen-bond donors (Lipinski definition) is 0. The lowest BCUT2D eigenvalue weighted by atomic mass is 10.2. The van der Waals surface area contributed by atoms with Crippen LogP contribution in [0.2, 0.25) is 0 Å². The summed E-state index contributed by atoms with van der Waals surface area (Å²) in [5.41, 5.74) is 0. The van der Waals surface area contributed by atoms with E-state index in [1.54, 1.807) is 6.92 Å². The molecule has 0 aliphatic carbocycles. The normalized spacial score (nSPS) is 12.9. The predicted molar refractivity (Wildman–Crippen MR) is 50.2 cm³/mol. The van der Waals surface area contributed by atoms with Gasteiger partial charge in [-0.15, -0.1) is 0 Å². The highest BCUT2D eigenvalue weighted by Gasteiger charge is 1.98. The number of carbonyl (C=O) groups excluding carboxylic acids is 1. The van der Waals surface area contributed by atoms with Gasteiger partial charge in [-0.25, -0.2) is 0 Å². The Hall–Kier alpha value is -0.370. The molecule has 0 heterocycles. The van der Waals surface area contributed by atoms with E-state index in [-0.39, 0.29) is 5.78 Å². The fraction of sp³-hybridized carbons (Fsp3) is 0.900. The monoisotopic (exact) mass is 172 g/mol. The van der Waals surface area contributed by atoms with Crippen molar-refractivity contribution in [3.63, 3.8) is 0 Å². The Morgan fingerprint density at radius 2 is 2.08 bits per heavy atom. The van der Waals surface area contributed by atoms with E-state index in [2.05, 4.69) is 13.8 Å². The van der Waals surface area contributed by atoms with E-state index in [0.29, 0.717) is 12.5 Å². The fourth-order valence-electron chi connectivity index (χ4n) is 0.878. The number of ketones is 1. The van der Waals surface area contributed by atoms with Crippen molar-refractivity contribution in [2.24, 2.45) is 0 Å². The lowest BCUT2D eigenvalue weighted by Gasteiger charge is -2.09. The Balaban J connectivity index is 3.05. The SMILES string of the molecule is CCC(C)OCCCCC(C)=O. The van der Waals surface area contributed by atoms with Crippen molar-refractivity contribution in [2.75, 3.05) is 6.61 Å². The molecule has 0 radical (unpaired) electrons. The molecule has 12 heavy (non-hydrogen) atoms. The van der Waals surface area contributed by atoms with Gasteiger partial charge in [-0.1, -0.05) is 6.92 Å². The largest absolute Gasteiger partial charge is 0.379 e. The molecule has 0 fully saturated rings. The topological polar surface area (TPSA) is 26.3 Å². The van der Waals surface area contributed by atoms with E-state index in [4.69, 9.17) is 4.74 Å². The fourth-order valence-corrected chi connectivity index (χ4v) is 0.878. The van der Waals surface area contributed by atoms with Crippen LogP contribution in [0.4, 0.5) is 0 Å². The second-order valence-electron chi connectivity index (χ2n) is 3.25. The van der Waals surface area contributed by atoms with Crippen molar-refractivity contribution in [1.82, 2.24) is 0 Å². The highest BCUT2D eigenvalue weighted by molar-refractivity contribution is 5.75. The van der Waals surface area contributed by atoms with E-state index in [0.717, 1.165) is 25.9 Å². The van der Waals surface area contributed by atoms with E-state index < -0.39 is 0 Å². The zero-order valence-electron chi connectivity index (χ0n) is 8.43. The number of hydrogen-bond acceptors (Lipinski definition) is 2. The standard InChI is InChI=1S/C10H20O2/c1-4-10(3)12-8-6-5-7-9(2)11/h10H,4-8H2,1-3H3. The molecule has 0 saturated heterocycles. The molecule has 0 aromatic carbocycles. The van der Waals surface area contributed by atoms with Crippen LogP contribution in [0.1, 0.15) is 46.5 Å². The van der Waals surface area contributed by atoms with Crippen LogP contribution in [-0.4, -0.2) is 18.5 Å². The van der Waals surface area contributed by atoms with Crippen molar-refractivity contribution < 1.29 is 9.53 Å². The van der Waals surface area contributed by atoms with Crippen molar-refractivity contribution in [2.45, 2.75) is 52.6 Å². The molecule has 0 saturated carbocycles. The van der Waals surface area contributed by atoms with Crippen LogP contribution in [0.5, 0.6) is 0 Å². The number of ether oxygens (including phenoxy) is 1. The summed E-state index contributed by atoms with van der Waals surface area (Å²) in [4.78, 5) is 10.6. The maximum atomic E-state index is 10.6. The van der Waals surface area contributed by atoms with Crippen LogP contribution < -0.4 is 0 Å². The highest BCUT2D eigenvalue weighted by Crippen LogP contribution is 2.00. The summed E-state index contributed by atoms with van der Waals surface area (Å²) < 4.78 is 5.46. The summed E-state index contributed by atoms with van der Waals surface area (Å²) in [6.45, 7) is 6.61. The molecular formula is C10H20O2. The molecule has 0 aliphatic rings. The zero-order valence-corrected chi connectivity index (χ0v) is 8.43. The quantitative estimate of drug-likeness (QED) is 0.552. The molecule has 1 unspecified atom stereocenters. The molecule has 2 heteroatoms. The number of Topliss-reactive ketones (excluding diaryl/α,β-unsaturated/α-hetero) is 1. The third kappa shape index (κ3) is 7.73. The Bertz CT molecular complexity index is 121. The zero-order chi connectivity index (χ0) is 9.40. The molecule has 0 aliphatic heterocycles. The maximum Gasteiger partial charge on any atom is 0.129 e. The smallest absolute Gasteiger partial charge is 0.129 e. The van der Waals surface area contributed by atoms with Crippen LogP contribution in [0, 0.1) is 0 Å². The van der Waals surface area contributed by atoms with Gasteiger partial charge in [0.1, 0.15) is 5.78 Å². The second kappa shape index (κ2) is 7.29. The van der Waals surface area contributed by atoms with Crippen LogP contribution in [0.15, 0.2) is 0 Å². The van der Waals surface area contributed by atoms with Crippen molar-refractivity contribution in [3.05, 3.63) is 0 Å². The Morgan fingerprint density at radius 3 is 2.58 bits per heavy atom. The summed E-state index contributed by atoms with van der Waals surface area (Å²) in [6.07, 6.45) is 4.09. The molecule has 0 N–H and O–H groups in total. The first-order valence-electron chi connectivity index (χ1n) is 4.77. The summed E-state index contributed by atoms with van der Waals surface area (Å²) in [7, 11) is 0. The number of rotatable bonds is 7. The first-order chi connectivity index (χ1) is 5.66. The summed E-state index contributed by atoms with van der Waals surface area (Å²) in [5.74, 6) is 0.276. The van der Waals surface area contributed by atoms with Crippen LogP contribution in [-0.2, 0) is 9.53 Å². The van der Waals surface area contributed by atoms with Gasteiger partial charge in [0, 0.05) is 13.0 Å². The Kier molecular flexibility index (Phi) is 7.06. The molecule has 0 rings (SSSR count). The molecule has 0 spiro atoms. The van der Waals surface area contributed by atoms with Gasteiger partial charge in [-0.2, -0.15) is 0 Å². The number of unbranched alkanes of at least 4 members (excludes halogenated alkanes) is 1. The molecular weight excluding hydrogens is 152 g/mol. The average molecular weight is 172 g/mol. The van der Waals surface area contributed by atoms with E-state index in [1.807, 2.05) is 0 Å². The van der Waals surface area contributed by atoms with Crippen LogP contribution >= 0.6 is 0 Å². The Morgan fingerprint density at radius 1 is 1.42 bits per heavy atom. The van der Waals surface area contributed by atoms with Crippen LogP contribution in [0.3, 0.4) is 0 Å². The first-order valence-corrected chi connectivity index (χ1v) is 4.77. The molecule has 0 amide bonds. The first kappa shape index (κ1) is 11.6. The van der Waals surface area contributed by atoms with E-state index in [9.17, 15) is 4.79 Å². The van der Waals surface area contributed by atoms with Gasteiger partial charge in [0.25, 0.3) is 0 Å². The molecule has 0 aromatic rings. The maximum absolute atomic E-state index is 10.6. The van der Waals surface area contributed by atoms with Gasteiger partial charge in [0.05, 0.1) is 6.10 Å².